The summed E-state index contributed by atoms with van der Waals surface area (Å²) in [5.74, 6) is 0.479. The van der Waals surface area contributed by atoms with Gasteiger partial charge in [-0.05, 0) is 75.7 Å². The Morgan fingerprint density at radius 3 is 2.53 bits per heavy atom. The molecule has 3 heterocycles. The molecule has 2 aromatic heterocycles. The number of carbonyl (C=O) groups excluding carboxylic acids is 2. The molecule has 1 atom stereocenters. The van der Waals surface area contributed by atoms with Crippen molar-refractivity contribution in [1.82, 2.24) is 4.57 Å². The summed E-state index contributed by atoms with van der Waals surface area (Å²) in [7, 11) is 1.28. The third-order valence-corrected chi connectivity index (χ3v) is 7.95. The molecule has 0 radical (unpaired) electrons. The topological polar surface area (TPSA) is 109 Å². The zero-order valence-corrected chi connectivity index (χ0v) is 25.7. The molecular weight excluding hydrogens is 592 g/mol. The summed E-state index contributed by atoms with van der Waals surface area (Å²) in [5, 5.41) is 0.262. The van der Waals surface area contributed by atoms with E-state index in [1.54, 1.807) is 50.3 Å². The normalized spacial score (nSPS) is 14.9. The standard InChI is InChI=1S/C32H29ClN2O7S/c1-6-40-31(38)27-18(4)34-32-35(28(27)19-7-10-21(11-8-19)41-17(2)3)29(36)26(43-32)16-22-12-14-25(42-22)20-9-13-24(33)23(15-20)30(37)39-5/h7-17,28H,6H2,1-5H3/b26-16-/t28-/m1/s1. The Labute approximate surface area is 256 Å². The lowest BCUT2D eigenvalue weighted by Crippen LogP contribution is -2.39. The lowest BCUT2D eigenvalue weighted by Gasteiger charge is -2.25. The Bertz CT molecular complexity index is 1920. The van der Waals surface area contributed by atoms with Crippen LogP contribution in [0.5, 0.6) is 5.75 Å². The maximum absolute atomic E-state index is 13.9. The number of carbonyl (C=O) groups is 2. The van der Waals surface area contributed by atoms with E-state index in [0.29, 0.717) is 49.0 Å². The number of halogens is 1. The van der Waals surface area contributed by atoms with Gasteiger partial charge in [-0.25, -0.2) is 14.6 Å². The lowest BCUT2D eigenvalue weighted by molar-refractivity contribution is -0.139. The van der Waals surface area contributed by atoms with E-state index < -0.39 is 18.0 Å². The quantitative estimate of drug-likeness (QED) is 0.246. The Balaban J connectivity index is 1.58. The molecule has 0 fully saturated rings. The van der Waals surface area contributed by atoms with Crippen molar-refractivity contribution in [2.75, 3.05) is 13.7 Å². The maximum atomic E-state index is 13.9. The number of benzene rings is 2. The predicted molar refractivity (Wildman–Crippen MR) is 163 cm³/mol. The van der Waals surface area contributed by atoms with Gasteiger partial charge >= 0.3 is 11.9 Å². The van der Waals surface area contributed by atoms with Gasteiger partial charge in [0.25, 0.3) is 5.56 Å². The van der Waals surface area contributed by atoms with Crippen LogP contribution in [0.15, 0.2) is 80.1 Å². The van der Waals surface area contributed by atoms with Crippen LogP contribution in [-0.4, -0.2) is 36.3 Å². The number of ether oxygens (including phenoxy) is 3. The fraction of sp³-hybridized carbons (Fsp3) is 0.250. The summed E-state index contributed by atoms with van der Waals surface area (Å²) in [4.78, 5) is 44.2. The van der Waals surface area contributed by atoms with Gasteiger partial charge in [-0.3, -0.25) is 9.36 Å². The van der Waals surface area contributed by atoms with Crippen molar-refractivity contribution < 1.29 is 28.2 Å². The molecule has 1 aliphatic rings. The van der Waals surface area contributed by atoms with Gasteiger partial charge in [-0.1, -0.05) is 35.1 Å². The van der Waals surface area contributed by atoms with Crippen LogP contribution in [0.1, 0.15) is 55.4 Å². The minimum absolute atomic E-state index is 0.00235. The van der Waals surface area contributed by atoms with Crippen molar-refractivity contribution >= 4 is 41.0 Å². The Morgan fingerprint density at radius 1 is 1.12 bits per heavy atom. The number of hydrogen-bond donors (Lipinski definition) is 0. The molecule has 0 spiro atoms. The second-order valence-corrected chi connectivity index (χ2v) is 11.3. The molecule has 222 valence electrons. The highest BCUT2D eigenvalue weighted by atomic mass is 35.5. The van der Waals surface area contributed by atoms with E-state index in [4.69, 9.17) is 30.2 Å². The highest BCUT2D eigenvalue weighted by Gasteiger charge is 2.33. The van der Waals surface area contributed by atoms with Gasteiger partial charge in [0, 0.05) is 11.6 Å². The highest BCUT2D eigenvalue weighted by Crippen LogP contribution is 2.32. The van der Waals surface area contributed by atoms with Crippen molar-refractivity contribution in [2.45, 2.75) is 39.8 Å². The van der Waals surface area contributed by atoms with Gasteiger partial charge in [-0.2, -0.15) is 0 Å². The third-order valence-electron chi connectivity index (χ3n) is 6.64. The zero-order chi connectivity index (χ0) is 30.8. The molecule has 0 saturated heterocycles. The van der Waals surface area contributed by atoms with E-state index in [1.165, 1.54) is 23.0 Å². The summed E-state index contributed by atoms with van der Waals surface area (Å²) < 4.78 is 23.9. The first-order chi connectivity index (χ1) is 20.6. The van der Waals surface area contributed by atoms with Crippen LogP contribution >= 0.6 is 22.9 Å². The number of methoxy groups -OCH3 is 1. The third kappa shape index (κ3) is 6.07. The smallest absolute Gasteiger partial charge is 0.339 e. The van der Waals surface area contributed by atoms with Crippen LogP contribution in [0.2, 0.25) is 5.02 Å². The zero-order valence-electron chi connectivity index (χ0n) is 24.2. The monoisotopic (exact) mass is 620 g/mol. The minimum Gasteiger partial charge on any atom is -0.491 e. The van der Waals surface area contributed by atoms with Gasteiger partial charge in [0.15, 0.2) is 4.80 Å². The van der Waals surface area contributed by atoms with Gasteiger partial charge in [-0.15, -0.1) is 0 Å². The van der Waals surface area contributed by atoms with Crippen molar-refractivity contribution in [1.29, 1.82) is 0 Å². The number of rotatable bonds is 8. The van der Waals surface area contributed by atoms with Crippen LogP contribution in [0.4, 0.5) is 0 Å². The molecule has 0 bridgehead atoms. The lowest BCUT2D eigenvalue weighted by atomic mass is 9.96. The highest BCUT2D eigenvalue weighted by molar-refractivity contribution is 7.07. The number of aromatic nitrogens is 1. The molecule has 0 amide bonds. The van der Waals surface area contributed by atoms with E-state index >= 15 is 0 Å². The van der Waals surface area contributed by atoms with Crippen LogP contribution in [0.3, 0.4) is 0 Å². The molecule has 2 aromatic carbocycles. The summed E-state index contributed by atoms with van der Waals surface area (Å²) in [6.45, 7) is 7.53. The molecule has 0 aliphatic carbocycles. The number of fused-ring (bicyclic) bond motifs is 1. The largest absolute Gasteiger partial charge is 0.491 e. The first kappa shape index (κ1) is 30.1. The number of thiazole rings is 1. The first-order valence-corrected chi connectivity index (χ1v) is 14.7. The fourth-order valence-electron chi connectivity index (χ4n) is 4.77. The number of nitrogens with zero attached hydrogens (tertiary/aromatic N) is 2. The summed E-state index contributed by atoms with van der Waals surface area (Å²) >= 11 is 7.35. The molecular formula is C32H29ClN2O7S. The van der Waals surface area contributed by atoms with Crippen molar-refractivity contribution in [3.63, 3.8) is 0 Å². The number of furan rings is 1. The summed E-state index contributed by atoms with van der Waals surface area (Å²) in [5.41, 5.74) is 1.98. The van der Waals surface area contributed by atoms with Crippen molar-refractivity contribution in [3.8, 4) is 17.1 Å². The van der Waals surface area contributed by atoms with Crippen LogP contribution in [-0.2, 0) is 14.3 Å². The molecule has 43 heavy (non-hydrogen) atoms. The number of allylic oxidation sites excluding steroid dienone is 1. The summed E-state index contributed by atoms with van der Waals surface area (Å²) in [6, 6.07) is 14.9. The summed E-state index contributed by atoms with van der Waals surface area (Å²) in [6.07, 6.45) is 1.63. The molecule has 0 saturated carbocycles. The molecule has 9 nitrogen and oxygen atoms in total. The Hall–Kier alpha value is -4.41. The molecule has 5 rings (SSSR count). The maximum Gasteiger partial charge on any atom is 0.339 e. The van der Waals surface area contributed by atoms with Crippen molar-refractivity contribution in [3.05, 3.63) is 107 Å². The molecule has 4 aromatic rings. The van der Waals surface area contributed by atoms with Gasteiger partial charge < -0.3 is 18.6 Å². The Kier molecular flexibility index (Phi) is 8.70. The molecule has 11 heteroatoms. The first-order valence-electron chi connectivity index (χ1n) is 13.6. The average molecular weight is 621 g/mol. The second-order valence-electron chi connectivity index (χ2n) is 9.93. The van der Waals surface area contributed by atoms with Crippen LogP contribution in [0, 0.1) is 0 Å². The fourth-order valence-corrected chi connectivity index (χ4v) is 5.99. The van der Waals surface area contributed by atoms with E-state index in [1.807, 2.05) is 38.1 Å². The molecule has 0 unspecified atom stereocenters. The Morgan fingerprint density at radius 2 is 1.86 bits per heavy atom. The predicted octanol–water partition coefficient (Wildman–Crippen LogP) is 5.29. The molecule has 0 N–H and O–H groups in total. The van der Waals surface area contributed by atoms with E-state index in [-0.39, 0.29) is 28.9 Å². The second kappa shape index (κ2) is 12.4. The van der Waals surface area contributed by atoms with E-state index in [9.17, 15) is 14.4 Å². The van der Waals surface area contributed by atoms with E-state index in [0.717, 1.165) is 0 Å². The minimum atomic E-state index is -0.747. The SMILES string of the molecule is CCOC(=O)C1=C(C)N=c2s/c(=C\c3ccc(-c4ccc(Cl)c(C(=O)OC)c4)o3)c(=O)n2[C@@H]1c1ccc(OC(C)C)cc1. The average Bonchev–Trinajstić information content (AvgIpc) is 3.56. The van der Waals surface area contributed by atoms with Crippen LogP contribution < -0.4 is 19.6 Å². The molecule has 1 aliphatic heterocycles. The number of esters is 2. The van der Waals surface area contributed by atoms with E-state index in [2.05, 4.69) is 4.99 Å². The van der Waals surface area contributed by atoms with Crippen molar-refractivity contribution in [2.24, 2.45) is 4.99 Å². The van der Waals surface area contributed by atoms with Gasteiger partial charge in [0.1, 0.15) is 17.3 Å². The number of hydrogen-bond acceptors (Lipinski definition) is 9. The van der Waals surface area contributed by atoms with Gasteiger partial charge in [0.05, 0.1) is 52.3 Å². The van der Waals surface area contributed by atoms with Gasteiger partial charge in [0.2, 0.25) is 0 Å². The van der Waals surface area contributed by atoms with Crippen LogP contribution in [0.25, 0.3) is 17.4 Å².